The Morgan fingerprint density at radius 1 is 1.44 bits per heavy atom. The molecule has 1 heterocycles. The van der Waals surface area contributed by atoms with Gasteiger partial charge in [-0.3, -0.25) is 4.79 Å². The molecule has 0 saturated heterocycles. The number of benzene rings is 1. The fourth-order valence-electron chi connectivity index (χ4n) is 1.59. The van der Waals surface area contributed by atoms with Gasteiger partial charge in [0.2, 0.25) is 0 Å². The third-order valence-electron chi connectivity index (χ3n) is 2.52. The fourth-order valence-corrected chi connectivity index (χ4v) is 2.34. The van der Waals surface area contributed by atoms with Crippen LogP contribution >= 0.6 is 34.2 Å². The van der Waals surface area contributed by atoms with Crippen LogP contribution in [0.4, 0.5) is 5.82 Å². The van der Waals surface area contributed by atoms with Crippen molar-refractivity contribution in [2.45, 2.75) is 13.0 Å². The predicted molar refractivity (Wildman–Crippen MR) is 81.1 cm³/mol. The average molecular weight is 376 g/mol. The molecule has 1 atom stereocenters. The maximum absolute atomic E-state index is 11.5. The largest absolute Gasteiger partial charge is 0.362 e. The van der Waals surface area contributed by atoms with E-state index >= 15 is 0 Å². The third-order valence-corrected chi connectivity index (χ3v) is 3.87. The minimum Gasteiger partial charge on any atom is -0.362 e. The highest BCUT2D eigenvalue weighted by Gasteiger charge is 2.12. The number of hydrogen-bond acceptors (Lipinski definition) is 3. The van der Waals surface area contributed by atoms with Gasteiger partial charge in [-0.05, 0) is 41.1 Å². The van der Waals surface area contributed by atoms with Gasteiger partial charge in [0, 0.05) is 5.02 Å². The van der Waals surface area contributed by atoms with E-state index < -0.39 is 0 Å². The van der Waals surface area contributed by atoms with Gasteiger partial charge in [0.25, 0.3) is 5.56 Å². The molecule has 0 spiro atoms. The number of H-pyrrole nitrogens is 1. The Balaban J connectivity index is 2.27. The van der Waals surface area contributed by atoms with E-state index in [9.17, 15) is 4.79 Å². The molecule has 0 bridgehead atoms. The maximum Gasteiger partial charge on any atom is 0.266 e. The summed E-state index contributed by atoms with van der Waals surface area (Å²) in [4.78, 5) is 18.1. The van der Waals surface area contributed by atoms with E-state index in [4.69, 9.17) is 11.6 Å². The molecule has 0 amide bonds. The summed E-state index contributed by atoms with van der Waals surface area (Å²) in [5.41, 5.74) is 0.816. The number of halogens is 2. The van der Waals surface area contributed by atoms with Gasteiger partial charge in [0.15, 0.2) is 0 Å². The lowest BCUT2D eigenvalue weighted by Gasteiger charge is -2.16. The lowest BCUT2D eigenvalue weighted by molar-refractivity contribution is 0.867. The molecular weight excluding hydrogens is 365 g/mol. The Morgan fingerprint density at radius 2 is 2.17 bits per heavy atom. The van der Waals surface area contributed by atoms with E-state index in [0.717, 1.165) is 5.56 Å². The summed E-state index contributed by atoms with van der Waals surface area (Å²) in [6, 6.07) is 7.57. The first-order chi connectivity index (χ1) is 8.59. The molecule has 94 valence electrons. The smallest absolute Gasteiger partial charge is 0.266 e. The lowest BCUT2D eigenvalue weighted by Crippen LogP contribution is -2.16. The van der Waals surface area contributed by atoms with Crippen LogP contribution in [0.5, 0.6) is 0 Å². The molecule has 1 aromatic heterocycles. The van der Waals surface area contributed by atoms with Gasteiger partial charge in [-0.15, -0.1) is 0 Å². The molecule has 1 unspecified atom stereocenters. The van der Waals surface area contributed by atoms with Gasteiger partial charge < -0.3 is 10.3 Å². The first kappa shape index (κ1) is 13.4. The zero-order chi connectivity index (χ0) is 13.1. The number of nitrogens with one attached hydrogen (secondary N) is 2. The summed E-state index contributed by atoms with van der Waals surface area (Å²) in [7, 11) is 0. The zero-order valence-electron chi connectivity index (χ0n) is 9.58. The third kappa shape index (κ3) is 2.84. The second-order valence-corrected chi connectivity index (χ2v) is 5.27. The minimum atomic E-state index is -0.153. The number of anilines is 1. The summed E-state index contributed by atoms with van der Waals surface area (Å²) in [6.45, 7) is 1.97. The van der Waals surface area contributed by atoms with Crippen LogP contribution in [-0.2, 0) is 0 Å². The number of hydrogen-bond donors (Lipinski definition) is 2. The molecule has 0 radical (unpaired) electrons. The highest BCUT2D eigenvalue weighted by Crippen LogP contribution is 2.25. The van der Waals surface area contributed by atoms with Gasteiger partial charge >= 0.3 is 0 Å². The molecule has 0 aliphatic rings. The van der Waals surface area contributed by atoms with Crippen LogP contribution in [0.2, 0.25) is 5.02 Å². The Kier molecular flexibility index (Phi) is 4.23. The van der Waals surface area contributed by atoms with E-state index in [2.05, 4.69) is 15.3 Å². The molecule has 0 aliphatic carbocycles. The molecule has 18 heavy (non-hydrogen) atoms. The number of rotatable bonds is 3. The molecule has 6 heteroatoms. The summed E-state index contributed by atoms with van der Waals surface area (Å²) >= 11 is 8.09. The summed E-state index contributed by atoms with van der Waals surface area (Å²) < 4.78 is 0.536. The SMILES string of the molecule is CC(Nc1nc[nH]c(=O)c1I)c1ccccc1Cl. The van der Waals surface area contributed by atoms with Crippen LogP contribution in [0.25, 0.3) is 0 Å². The molecule has 0 saturated carbocycles. The number of aromatic amines is 1. The Labute approximate surface area is 123 Å². The fraction of sp³-hybridized carbons (Fsp3) is 0.167. The maximum atomic E-state index is 11.5. The summed E-state index contributed by atoms with van der Waals surface area (Å²) in [5, 5.41) is 3.88. The normalized spacial score (nSPS) is 12.2. The van der Waals surface area contributed by atoms with Crippen molar-refractivity contribution >= 4 is 40.0 Å². The predicted octanol–water partition coefficient (Wildman–Crippen LogP) is 3.20. The second-order valence-electron chi connectivity index (χ2n) is 3.78. The molecule has 2 aromatic rings. The molecule has 2 rings (SSSR count). The Morgan fingerprint density at radius 3 is 2.89 bits per heavy atom. The second kappa shape index (κ2) is 5.71. The first-order valence-electron chi connectivity index (χ1n) is 5.33. The van der Waals surface area contributed by atoms with Crippen LogP contribution in [0.3, 0.4) is 0 Å². The van der Waals surface area contributed by atoms with E-state index in [1.54, 1.807) is 0 Å². The topological polar surface area (TPSA) is 57.8 Å². The van der Waals surface area contributed by atoms with E-state index in [0.29, 0.717) is 14.4 Å². The van der Waals surface area contributed by atoms with Crippen molar-refractivity contribution in [1.82, 2.24) is 9.97 Å². The number of aromatic nitrogens is 2. The first-order valence-corrected chi connectivity index (χ1v) is 6.79. The van der Waals surface area contributed by atoms with Crippen LogP contribution < -0.4 is 10.9 Å². The van der Waals surface area contributed by atoms with Gasteiger partial charge in [-0.2, -0.15) is 0 Å². The van der Waals surface area contributed by atoms with Gasteiger partial charge in [-0.1, -0.05) is 29.8 Å². The summed E-state index contributed by atoms with van der Waals surface area (Å²) in [6.07, 6.45) is 1.38. The van der Waals surface area contributed by atoms with Crippen molar-refractivity contribution < 1.29 is 0 Å². The van der Waals surface area contributed by atoms with Crippen molar-refractivity contribution in [2.75, 3.05) is 5.32 Å². The van der Waals surface area contributed by atoms with Gasteiger partial charge in [0.1, 0.15) is 9.39 Å². The van der Waals surface area contributed by atoms with E-state index in [1.165, 1.54) is 6.33 Å². The quantitative estimate of drug-likeness (QED) is 0.810. The van der Waals surface area contributed by atoms with Crippen molar-refractivity contribution in [3.8, 4) is 0 Å². The number of nitrogens with zero attached hydrogens (tertiary/aromatic N) is 1. The molecule has 2 N–H and O–H groups in total. The zero-order valence-corrected chi connectivity index (χ0v) is 12.5. The molecule has 0 aliphatic heterocycles. The van der Waals surface area contributed by atoms with Crippen molar-refractivity contribution in [3.63, 3.8) is 0 Å². The lowest BCUT2D eigenvalue weighted by atomic mass is 10.1. The highest BCUT2D eigenvalue weighted by atomic mass is 127. The molecule has 1 aromatic carbocycles. The van der Waals surface area contributed by atoms with Crippen LogP contribution in [-0.4, -0.2) is 9.97 Å². The van der Waals surface area contributed by atoms with Crippen molar-refractivity contribution in [3.05, 3.63) is 55.1 Å². The van der Waals surface area contributed by atoms with Crippen LogP contribution in [0.15, 0.2) is 35.4 Å². The van der Waals surface area contributed by atoms with Gasteiger partial charge in [0.05, 0.1) is 12.4 Å². The van der Waals surface area contributed by atoms with E-state index in [-0.39, 0.29) is 11.6 Å². The molecule has 0 fully saturated rings. The van der Waals surface area contributed by atoms with Crippen molar-refractivity contribution in [2.24, 2.45) is 0 Å². The van der Waals surface area contributed by atoms with Crippen molar-refractivity contribution in [1.29, 1.82) is 0 Å². The van der Waals surface area contributed by atoms with Crippen LogP contribution in [0.1, 0.15) is 18.5 Å². The minimum absolute atomic E-state index is 0.0264. The van der Waals surface area contributed by atoms with E-state index in [1.807, 2.05) is 53.8 Å². The average Bonchev–Trinajstić information content (AvgIpc) is 2.35. The molecular formula is C12H11ClIN3O. The summed E-state index contributed by atoms with van der Waals surface area (Å²) in [5.74, 6) is 0.562. The Hall–Kier alpha value is -1.08. The monoisotopic (exact) mass is 375 g/mol. The highest BCUT2D eigenvalue weighted by molar-refractivity contribution is 14.1. The standard InChI is InChI=1S/C12H11ClIN3O/c1-7(8-4-2-3-5-9(8)13)17-11-10(14)12(18)16-6-15-11/h2-7H,1H3,(H2,15,16,17,18). The Bertz CT molecular complexity index is 614. The van der Waals surface area contributed by atoms with Crippen LogP contribution in [0, 0.1) is 3.57 Å². The molecule has 4 nitrogen and oxygen atoms in total. The van der Waals surface area contributed by atoms with Gasteiger partial charge in [-0.25, -0.2) is 4.98 Å².